The van der Waals surface area contributed by atoms with Gasteiger partial charge in [-0.15, -0.1) is 0 Å². The molecule has 0 atom stereocenters. The van der Waals surface area contributed by atoms with E-state index in [9.17, 15) is 4.39 Å². The second-order valence-electron chi connectivity index (χ2n) is 7.06. The number of fused-ring (bicyclic) bond motifs is 1. The number of methoxy groups -OCH3 is 1. The number of anilines is 2. The molecular weight excluding hydrogens is 329 g/mol. The third-order valence-corrected chi connectivity index (χ3v) is 5.31. The molecule has 0 radical (unpaired) electrons. The van der Waals surface area contributed by atoms with Gasteiger partial charge in [-0.1, -0.05) is 0 Å². The summed E-state index contributed by atoms with van der Waals surface area (Å²) in [5.74, 6) is 0.474. The maximum atomic E-state index is 13.9. The summed E-state index contributed by atoms with van der Waals surface area (Å²) in [6, 6.07) is 11.2. The van der Waals surface area contributed by atoms with Crippen molar-refractivity contribution >= 4 is 22.3 Å². The summed E-state index contributed by atoms with van der Waals surface area (Å²) < 4.78 is 18.9. The van der Waals surface area contributed by atoms with Gasteiger partial charge in [0.15, 0.2) is 11.6 Å². The number of hydrogen-bond donors (Lipinski definition) is 2. The standard InChI is InChI=1S/C21H24FN3O/c1-25-9-7-14(8-10-25)18-13-23-20-5-3-15(11-17(18)20)24-16-4-6-21(26-2)19(22)12-16/h3-6,11-14,23-24H,7-10H2,1-2H3. The average Bonchev–Trinajstić information content (AvgIpc) is 3.06. The molecule has 0 aliphatic carbocycles. The lowest BCUT2D eigenvalue weighted by Gasteiger charge is -2.28. The molecule has 4 rings (SSSR count). The first kappa shape index (κ1) is 16.9. The summed E-state index contributed by atoms with van der Waals surface area (Å²) in [5.41, 5.74) is 4.19. The third-order valence-electron chi connectivity index (χ3n) is 5.31. The predicted octanol–water partition coefficient (Wildman–Crippen LogP) is 4.87. The molecule has 0 unspecified atom stereocenters. The minimum atomic E-state index is -0.368. The van der Waals surface area contributed by atoms with Crippen molar-refractivity contribution in [3.63, 3.8) is 0 Å². The van der Waals surface area contributed by atoms with Crippen LogP contribution in [0, 0.1) is 5.82 Å². The molecule has 1 saturated heterocycles. The van der Waals surface area contributed by atoms with Gasteiger partial charge in [0.05, 0.1) is 7.11 Å². The zero-order valence-electron chi connectivity index (χ0n) is 15.2. The highest BCUT2D eigenvalue weighted by atomic mass is 19.1. The van der Waals surface area contributed by atoms with Crippen LogP contribution in [0.15, 0.2) is 42.6 Å². The molecule has 0 saturated carbocycles. The number of aromatic nitrogens is 1. The second-order valence-corrected chi connectivity index (χ2v) is 7.06. The van der Waals surface area contributed by atoms with Crippen LogP contribution in [0.2, 0.25) is 0 Å². The Morgan fingerprint density at radius 3 is 2.58 bits per heavy atom. The Morgan fingerprint density at radius 2 is 1.85 bits per heavy atom. The number of ether oxygens (including phenoxy) is 1. The van der Waals surface area contributed by atoms with Gasteiger partial charge in [-0.2, -0.15) is 0 Å². The molecule has 0 bridgehead atoms. The fourth-order valence-electron chi connectivity index (χ4n) is 3.79. The molecular formula is C21H24FN3O. The van der Waals surface area contributed by atoms with Gasteiger partial charge in [0.1, 0.15) is 0 Å². The lowest BCUT2D eigenvalue weighted by Crippen LogP contribution is -2.29. The van der Waals surface area contributed by atoms with Crippen molar-refractivity contribution in [1.82, 2.24) is 9.88 Å². The Morgan fingerprint density at radius 1 is 1.12 bits per heavy atom. The second kappa shape index (κ2) is 7.00. The van der Waals surface area contributed by atoms with Gasteiger partial charge >= 0.3 is 0 Å². The van der Waals surface area contributed by atoms with Gasteiger partial charge in [0.2, 0.25) is 0 Å². The third kappa shape index (κ3) is 3.27. The van der Waals surface area contributed by atoms with Crippen molar-refractivity contribution in [2.45, 2.75) is 18.8 Å². The maximum absolute atomic E-state index is 13.9. The number of H-pyrrole nitrogens is 1. The van der Waals surface area contributed by atoms with E-state index in [1.165, 1.54) is 37.0 Å². The Hall–Kier alpha value is -2.53. The zero-order valence-corrected chi connectivity index (χ0v) is 15.2. The highest BCUT2D eigenvalue weighted by molar-refractivity contribution is 5.87. The summed E-state index contributed by atoms with van der Waals surface area (Å²) in [4.78, 5) is 5.78. The molecule has 26 heavy (non-hydrogen) atoms. The predicted molar refractivity (Wildman–Crippen MR) is 104 cm³/mol. The van der Waals surface area contributed by atoms with Crippen LogP contribution in [0.3, 0.4) is 0 Å². The van der Waals surface area contributed by atoms with Crippen LogP contribution in [0.4, 0.5) is 15.8 Å². The van der Waals surface area contributed by atoms with Gasteiger partial charge < -0.3 is 19.9 Å². The SMILES string of the molecule is COc1ccc(Nc2ccc3[nH]cc(C4CCN(C)CC4)c3c2)cc1F. The Bertz CT molecular complexity index is 913. The Balaban J connectivity index is 1.60. The van der Waals surface area contributed by atoms with Gasteiger partial charge in [-0.05, 0) is 74.8 Å². The highest BCUT2D eigenvalue weighted by Gasteiger charge is 2.21. The van der Waals surface area contributed by atoms with Crippen LogP contribution in [0.5, 0.6) is 5.75 Å². The normalized spacial score (nSPS) is 16.1. The van der Waals surface area contributed by atoms with Crippen molar-refractivity contribution in [2.75, 3.05) is 32.6 Å². The van der Waals surface area contributed by atoms with E-state index in [0.717, 1.165) is 24.3 Å². The largest absolute Gasteiger partial charge is 0.494 e. The van der Waals surface area contributed by atoms with Crippen LogP contribution in [-0.2, 0) is 0 Å². The van der Waals surface area contributed by atoms with Crippen LogP contribution >= 0.6 is 0 Å². The summed E-state index contributed by atoms with van der Waals surface area (Å²) in [6.07, 6.45) is 4.52. The molecule has 1 aromatic heterocycles. The van der Waals surface area contributed by atoms with Gasteiger partial charge in [0, 0.05) is 34.5 Å². The fourth-order valence-corrected chi connectivity index (χ4v) is 3.79. The van der Waals surface area contributed by atoms with Crippen molar-refractivity contribution < 1.29 is 9.13 Å². The molecule has 5 heteroatoms. The van der Waals surface area contributed by atoms with Gasteiger partial charge in [-0.3, -0.25) is 0 Å². The molecule has 2 heterocycles. The highest BCUT2D eigenvalue weighted by Crippen LogP contribution is 2.34. The van der Waals surface area contributed by atoms with E-state index in [0.29, 0.717) is 11.6 Å². The molecule has 0 amide bonds. The Labute approximate surface area is 153 Å². The zero-order chi connectivity index (χ0) is 18.1. The van der Waals surface area contributed by atoms with E-state index < -0.39 is 0 Å². The molecule has 0 spiro atoms. The van der Waals surface area contributed by atoms with E-state index >= 15 is 0 Å². The summed E-state index contributed by atoms with van der Waals surface area (Å²) in [7, 11) is 3.65. The molecule has 1 aliphatic rings. The molecule has 1 aliphatic heterocycles. The minimum absolute atomic E-state index is 0.251. The van der Waals surface area contributed by atoms with Crippen molar-refractivity contribution in [3.8, 4) is 5.75 Å². The van der Waals surface area contributed by atoms with E-state index in [1.807, 2.05) is 12.1 Å². The van der Waals surface area contributed by atoms with Crippen LogP contribution in [0.1, 0.15) is 24.3 Å². The first-order valence-electron chi connectivity index (χ1n) is 9.04. The number of aromatic amines is 1. The number of nitrogens with zero attached hydrogens (tertiary/aromatic N) is 1. The molecule has 136 valence electrons. The van der Waals surface area contributed by atoms with Crippen molar-refractivity contribution in [3.05, 3.63) is 54.0 Å². The fraction of sp³-hybridized carbons (Fsp3) is 0.333. The quantitative estimate of drug-likeness (QED) is 0.703. The first-order valence-corrected chi connectivity index (χ1v) is 9.04. The lowest BCUT2D eigenvalue weighted by molar-refractivity contribution is 0.256. The number of piperidine rings is 1. The summed E-state index contributed by atoms with van der Waals surface area (Å²) in [5, 5.41) is 4.55. The van der Waals surface area contributed by atoms with E-state index in [-0.39, 0.29) is 11.6 Å². The summed E-state index contributed by atoms with van der Waals surface area (Å²) in [6.45, 7) is 2.28. The minimum Gasteiger partial charge on any atom is -0.494 e. The maximum Gasteiger partial charge on any atom is 0.167 e. The molecule has 2 aromatic carbocycles. The smallest absolute Gasteiger partial charge is 0.167 e. The lowest BCUT2D eigenvalue weighted by atomic mass is 9.89. The molecule has 1 fully saturated rings. The van der Waals surface area contributed by atoms with Gasteiger partial charge in [0.25, 0.3) is 0 Å². The number of halogens is 1. The van der Waals surface area contributed by atoms with Crippen LogP contribution in [-0.4, -0.2) is 37.1 Å². The average molecular weight is 353 g/mol. The number of benzene rings is 2. The van der Waals surface area contributed by atoms with Crippen LogP contribution in [0.25, 0.3) is 10.9 Å². The Kier molecular flexibility index (Phi) is 4.55. The number of nitrogens with one attached hydrogen (secondary N) is 2. The van der Waals surface area contributed by atoms with Crippen molar-refractivity contribution in [2.24, 2.45) is 0 Å². The molecule has 3 aromatic rings. The summed E-state index contributed by atoms with van der Waals surface area (Å²) >= 11 is 0. The van der Waals surface area contributed by atoms with Gasteiger partial charge in [-0.25, -0.2) is 4.39 Å². The first-order chi connectivity index (χ1) is 12.6. The molecule has 2 N–H and O–H groups in total. The van der Waals surface area contributed by atoms with E-state index in [4.69, 9.17) is 4.74 Å². The number of rotatable bonds is 4. The van der Waals surface area contributed by atoms with Crippen molar-refractivity contribution in [1.29, 1.82) is 0 Å². The monoisotopic (exact) mass is 353 g/mol. The number of likely N-dealkylation sites (tertiary alicyclic amines) is 1. The molecule has 4 nitrogen and oxygen atoms in total. The van der Waals surface area contributed by atoms with E-state index in [1.54, 1.807) is 6.07 Å². The topological polar surface area (TPSA) is 40.3 Å². The van der Waals surface area contributed by atoms with Crippen LogP contribution < -0.4 is 10.1 Å². The number of hydrogen-bond acceptors (Lipinski definition) is 3. The van der Waals surface area contributed by atoms with E-state index in [2.05, 4.69) is 40.6 Å².